The smallest absolute Gasteiger partial charge is 0.255 e. The quantitative estimate of drug-likeness (QED) is 0.845. The average molecular weight is 221 g/mol. The lowest BCUT2D eigenvalue weighted by Gasteiger charge is -2.14. The van der Waals surface area contributed by atoms with Crippen molar-refractivity contribution in [3.8, 4) is 0 Å². The fraction of sp³-hybridized carbons (Fsp3) is 0.500. The summed E-state index contributed by atoms with van der Waals surface area (Å²) in [6.45, 7) is 6.74. The number of carbonyl (C=O) groups is 1. The molecule has 0 aliphatic heterocycles. The van der Waals surface area contributed by atoms with Gasteiger partial charge in [0.15, 0.2) is 0 Å². The van der Waals surface area contributed by atoms with E-state index in [-0.39, 0.29) is 5.91 Å². The molecule has 4 heteroatoms. The molecule has 0 spiro atoms. The molecule has 0 fully saturated rings. The molecular weight excluding hydrogens is 202 g/mol. The zero-order chi connectivity index (χ0) is 12.1. The summed E-state index contributed by atoms with van der Waals surface area (Å²) in [5.41, 5.74) is 0.624. The lowest BCUT2D eigenvalue weighted by Crippen LogP contribution is -2.26. The van der Waals surface area contributed by atoms with Crippen LogP contribution in [0.1, 0.15) is 31.1 Å². The molecule has 1 aromatic heterocycles. The summed E-state index contributed by atoms with van der Waals surface area (Å²) in [5.74, 6) is 0.803. The summed E-state index contributed by atoms with van der Waals surface area (Å²) >= 11 is 0. The topological polar surface area (TPSA) is 45.2 Å². The van der Waals surface area contributed by atoms with Crippen LogP contribution in [0.4, 0.5) is 5.82 Å². The maximum atomic E-state index is 11.8. The number of carbonyl (C=O) groups excluding carboxylic acids is 1. The molecule has 0 aliphatic rings. The van der Waals surface area contributed by atoms with Crippen molar-refractivity contribution in [3.05, 3.63) is 23.9 Å². The second-order valence-electron chi connectivity index (χ2n) is 4.05. The van der Waals surface area contributed by atoms with E-state index < -0.39 is 0 Å². The zero-order valence-corrected chi connectivity index (χ0v) is 10.3. The Morgan fingerprint density at radius 2 is 2.19 bits per heavy atom. The number of pyridine rings is 1. The molecule has 0 saturated heterocycles. The zero-order valence-electron chi connectivity index (χ0n) is 10.3. The normalized spacial score (nSPS) is 10.3. The molecule has 88 valence electrons. The lowest BCUT2D eigenvalue weighted by molar-refractivity contribution is 0.0802. The van der Waals surface area contributed by atoms with Gasteiger partial charge >= 0.3 is 0 Å². The number of amides is 1. The predicted octanol–water partition coefficient (Wildman–Crippen LogP) is 1.99. The highest BCUT2D eigenvalue weighted by Crippen LogP contribution is 2.08. The third-order valence-corrected chi connectivity index (χ3v) is 2.27. The molecule has 0 radical (unpaired) electrons. The van der Waals surface area contributed by atoms with E-state index in [0.717, 1.165) is 5.82 Å². The minimum absolute atomic E-state index is 0.00565. The monoisotopic (exact) mass is 221 g/mol. The first-order chi connectivity index (χ1) is 7.54. The van der Waals surface area contributed by atoms with Gasteiger partial charge in [-0.05, 0) is 32.9 Å². The number of rotatable bonds is 4. The fourth-order valence-corrected chi connectivity index (χ4v) is 1.27. The van der Waals surface area contributed by atoms with E-state index in [2.05, 4.69) is 10.3 Å². The van der Waals surface area contributed by atoms with Gasteiger partial charge in [0.25, 0.3) is 5.91 Å². The van der Waals surface area contributed by atoms with Gasteiger partial charge in [0, 0.05) is 25.8 Å². The predicted molar refractivity (Wildman–Crippen MR) is 65.6 cm³/mol. The Morgan fingerprint density at radius 1 is 1.50 bits per heavy atom. The maximum Gasteiger partial charge on any atom is 0.255 e. The second-order valence-corrected chi connectivity index (χ2v) is 4.05. The molecule has 1 aromatic rings. The Hall–Kier alpha value is -1.58. The van der Waals surface area contributed by atoms with Crippen molar-refractivity contribution in [2.24, 2.45) is 0 Å². The van der Waals surface area contributed by atoms with Crippen LogP contribution in [-0.4, -0.2) is 35.4 Å². The summed E-state index contributed by atoms with van der Waals surface area (Å²) in [7, 11) is 1.78. The highest BCUT2D eigenvalue weighted by Gasteiger charge is 2.10. The second kappa shape index (κ2) is 5.49. The van der Waals surface area contributed by atoms with E-state index >= 15 is 0 Å². The minimum atomic E-state index is 0.00565. The van der Waals surface area contributed by atoms with Gasteiger partial charge in [0.1, 0.15) is 5.82 Å². The molecule has 1 heterocycles. The summed E-state index contributed by atoms with van der Waals surface area (Å²) < 4.78 is 0. The number of nitrogens with zero attached hydrogens (tertiary/aromatic N) is 2. The van der Waals surface area contributed by atoms with E-state index in [1.807, 2.05) is 26.8 Å². The lowest BCUT2D eigenvalue weighted by atomic mass is 10.2. The maximum absolute atomic E-state index is 11.8. The molecule has 1 amide bonds. The number of hydrogen-bond donors (Lipinski definition) is 1. The van der Waals surface area contributed by atoms with Crippen molar-refractivity contribution < 1.29 is 4.79 Å². The van der Waals surface area contributed by atoms with Gasteiger partial charge in [-0.2, -0.15) is 0 Å². The van der Waals surface area contributed by atoms with Crippen LogP contribution in [0.25, 0.3) is 0 Å². The largest absolute Gasteiger partial charge is 0.368 e. The summed E-state index contributed by atoms with van der Waals surface area (Å²) in [4.78, 5) is 17.6. The highest BCUT2D eigenvalue weighted by molar-refractivity contribution is 5.93. The fourth-order valence-electron chi connectivity index (χ4n) is 1.27. The molecule has 0 bridgehead atoms. The van der Waals surface area contributed by atoms with Crippen molar-refractivity contribution in [2.75, 3.05) is 18.9 Å². The van der Waals surface area contributed by atoms with Crippen LogP contribution in [0.5, 0.6) is 0 Å². The number of hydrogen-bond acceptors (Lipinski definition) is 3. The van der Waals surface area contributed by atoms with Crippen molar-refractivity contribution in [1.82, 2.24) is 9.88 Å². The Bertz CT molecular complexity index is 346. The van der Waals surface area contributed by atoms with Crippen LogP contribution in [0, 0.1) is 0 Å². The third-order valence-electron chi connectivity index (χ3n) is 2.27. The van der Waals surface area contributed by atoms with Gasteiger partial charge in [-0.15, -0.1) is 0 Å². The summed E-state index contributed by atoms with van der Waals surface area (Å²) in [5, 5.41) is 3.18. The van der Waals surface area contributed by atoms with Gasteiger partial charge in [0.2, 0.25) is 0 Å². The standard InChI is InChI=1S/C12H19N3O/c1-5-15(4)12(16)10-6-7-11(13-8-10)14-9(2)3/h6-9H,5H2,1-4H3,(H,13,14). The first-order valence-electron chi connectivity index (χ1n) is 5.52. The van der Waals surface area contributed by atoms with E-state index in [9.17, 15) is 4.79 Å². The molecule has 0 saturated carbocycles. The van der Waals surface area contributed by atoms with Crippen LogP contribution in [0.3, 0.4) is 0 Å². The number of nitrogens with one attached hydrogen (secondary N) is 1. The molecular formula is C12H19N3O. The molecule has 0 aromatic carbocycles. The van der Waals surface area contributed by atoms with Gasteiger partial charge < -0.3 is 10.2 Å². The molecule has 4 nitrogen and oxygen atoms in total. The first-order valence-corrected chi connectivity index (χ1v) is 5.52. The van der Waals surface area contributed by atoms with Crippen LogP contribution in [0.2, 0.25) is 0 Å². The highest BCUT2D eigenvalue weighted by atomic mass is 16.2. The third kappa shape index (κ3) is 3.22. The Balaban J connectivity index is 2.74. The molecule has 0 atom stereocenters. The van der Waals surface area contributed by atoms with E-state index in [4.69, 9.17) is 0 Å². The molecule has 1 rings (SSSR count). The summed E-state index contributed by atoms with van der Waals surface area (Å²) in [6, 6.07) is 3.97. The summed E-state index contributed by atoms with van der Waals surface area (Å²) in [6.07, 6.45) is 1.61. The van der Waals surface area contributed by atoms with Gasteiger partial charge in [-0.3, -0.25) is 4.79 Å². The van der Waals surface area contributed by atoms with Crippen molar-refractivity contribution in [3.63, 3.8) is 0 Å². The van der Waals surface area contributed by atoms with Crippen LogP contribution in [-0.2, 0) is 0 Å². The van der Waals surface area contributed by atoms with Gasteiger partial charge in [-0.25, -0.2) is 4.98 Å². The molecule has 0 aliphatic carbocycles. The molecule has 0 unspecified atom stereocenters. The van der Waals surface area contributed by atoms with Crippen LogP contribution in [0.15, 0.2) is 18.3 Å². The van der Waals surface area contributed by atoms with E-state index in [1.165, 1.54) is 0 Å². The van der Waals surface area contributed by atoms with Crippen LogP contribution < -0.4 is 5.32 Å². The van der Waals surface area contributed by atoms with Gasteiger partial charge in [-0.1, -0.05) is 0 Å². The Labute approximate surface area is 96.7 Å². The first kappa shape index (κ1) is 12.5. The van der Waals surface area contributed by atoms with Crippen molar-refractivity contribution in [2.45, 2.75) is 26.8 Å². The Kier molecular flexibility index (Phi) is 4.28. The van der Waals surface area contributed by atoms with E-state index in [1.54, 1.807) is 24.2 Å². The van der Waals surface area contributed by atoms with Gasteiger partial charge in [0.05, 0.1) is 5.56 Å². The molecule has 16 heavy (non-hydrogen) atoms. The van der Waals surface area contributed by atoms with E-state index in [0.29, 0.717) is 18.2 Å². The number of aromatic nitrogens is 1. The van der Waals surface area contributed by atoms with Crippen molar-refractivity contribution in [1.29, 1.82) is 0 Å². The minimum Gasteiger partial charge on any atom is -0.368 e. The Morgan fingerprint density at radius 3 is 2.62 bits per heavy atom. The molecule has 1 N–H and O–H groups in total. The van der Waals surface area contributed by atoms with Crippen LogP contribution >= 0.6 is 0 Å². The SMILES string of the molecule is CCN(C)C(=O)c1ccc(NC(C)C)nc1. The average Bonchev–Trinajstić information content (AvgIpc) is 2.27. The number of anilines is 1. The van der Waals surface area contributed by atoms with Crippen molar-refractivity contribution >= 4 is 11.7 Å².